The third-order valence-electron chi connectivity index (χ3n) is 3.33. The summed E-state index contributed by atoms with van der Waals surface area (Å²) in [5.74, 6) is 0.555. The molecule has 0 fully saturated rings. The number of rotatable bonds is 4. The third-order valence-corrected chi connectivity index (χ3v) is 3.33. The predicted molar refractivity (Wildman–Crippen MR) is 79.3 cm³/mol. The van der Waals surface area contributed by atoms with E-state index in [0.29, 0.717) is 5.82 Å². The van der Waals surface area contributed by atoms with Crippen molar-refractivity contribution in [2.45, 2.75) is 19.1 Å². The molecule has 1 atom stereocenters. The van der Waals surface area contributed by atoms with Crippen molar-refractivity contribution in [3.63, 3.8) is 0 Å². The summed E-state index contributed by atoms with van der Waals surface area (Å²) in [5.41, 5.74) is 0.683. The van der Waals surface area contributed by atoms with E-state index in [2.05, 4.69) is 15.4 Å². The minimum absolute atomic E-state index is 0.247. The van der Waals surface area contributed by atoms with Gasteiger partial charge in [0.2, 0.25) is 5.82 Å². The zero-order chi connectivity index (χ0) is 14.7. The van der Waals surface area contributed by atoms with E-state index in [1.807, 2.05) is 60.7 Å². The molecule has 21 heavy (non-hydrogen) atoms. The number of tetrazole rings is 1. The van der Waals surface area contributed by atoms with E-state index in [9.17, 15) is 5.11 Å². The molecule has 1 aromatic heterocycles. The van der Waals surface area contributed by atoms with Gasteiger partial charge in [0.15, 0.2) is 0 Å². The first-order valence-corrected chi connectivity index (χ1v) is 6.76. The van der Waals surface area contributed by atoms with Crippen LogP contribution in [0.15, 0.2) is 60.7 Å². The summed E-state index contributed by atoms with van der Waals surface area (Å²) in [7, 11) is 0. The normalized spacial score (nSPS) is 13.8. The van der Waals surface area contributed by atoms with Crippen LogP contribution in [-0.2, 0) is 12.1 Å². The van der Waals surface area contributed by atoms with Crippen molar-refractivity contribution in [3.8, 4) is 11.4 Å². The lowest BCUT2D eigenvalue weighted by molar-refractivity contribution is 0.0298. The van der Waals surface area contributed by atoms with Crippen LogP contribution in [0, 0.1) is 0 Å². The van der Waals surface area contributed by atoms with Crippen LogP contribution in [0.4, 0.5) is 0 Å². The van der Waals surface area contributed by atoms with Crippen molar-refractivity contribution < 1.29 is 5.11 Å². The van der Waals surface area contributed by atoms with Crippen LogP contribution in [0.25, 0.3) is 11.4 Å². The monoisotopic (exact) mass is 280 g/mol. The maximum Gasteiger partial charge on any atom is 0.204 e. The van der Waals surface area contributed by atoms with Gasteiger partial charge in [0.1, 0.15) is 5.60 Å². The molecule has 106 valence electrons. The van der Waals surface area contributed by atoms with Crippen molar-refractivity contribution in [1.82, 2.24) is 20.2 Å². The van der Waals surface area contributed by atoms with Crippen LogP contribution in [0.2, 0.25) is 0 Å². The van der Waals surface area contributed by atoms with Gasteiger partial charge in [0.05, 0.1) is 6.54 Å². The summed E-state index contributed by atoms with van der Waals surface area (Å²) in [4.78, 5) is 1.43. The first kappa shape index (κ1) is 13.5. The van der Waals surface area contributed by atoms with E-state index in [0.717, 1.165) is 11.1 Å². The molecule has 2 aromatic carbocycles. The van der Waals surface area contributed by atoms with Gasteiger partial charge in [-0.25, -0.2) is 0 Å². The van der Waals surface area contributed by atoms with Gasteiger partial charge >= 0.3 is 0 Å². The van der Waals surface area contributed by atoms with Crippen molar-refractivity contribution in [1.29, 1.82) is 0 Å². The molecule has 0 radical (unpaired) electrons. The maximum absolute atomic E-state index is 10.6. The Hall–Kier alpha value is -2.53. The SMILES string of the molecule is CC(O)(Cn1nnc(-c2ccccc2)n1)c1ccccc1. The molecule has 0 amide bonds. The highest BCUT2D eigenvalue weighted by atomic mass is 16.3. The molecule has 0 aliphatic carbocycles. The van der Waals surface area contributed by atoms with E-state index < -0.39 is 5.60 Å². The van der Waals surface area contributed by atoms with Gasteiger partial charge in [-0.15, -0.1) is 10.2 Å². The molecule has 3 rings (SSSR count). The molecule has 3 aromatic rings. The second-order valence-electron chi connectivity index (χ2n) is 5.15. The van der Waals surface area contributed by atoms with Gasteiger partial charge in [-0.3, -0.25) is 0 Å². The van der Waals surface area contributed by atoms with Crippen LogP contribution >= 0.6 is 0 Å². The van der Waals surface area contributed by atoms with Crippen LogP contribution < -0.4 is 0 Å². The van der Waals surface area contributed by atoms with Gasteiger partial charge in [0.25, 0.3) is 0 Å². The zero-order valence-corrected chi connectivity index (χ0v) is 11.7. The Kier molecular flexibility index (Phi) is 3.50. The molecule has 5 heteroatoms. The Morgan fingerprint density at radius 1 is 1.00 bits per heavy atom. The summed E-state index contributed by atoms with van der Waals surface area (Å²) >= 11 is 0. The van der Waals surface area contributed by atoms with Crippen molar-refractivity contribution in [2.75, 3.05) is 0 Å². The minimum atomic E-state index is -1.05. The smallest absolute Gasteiger partial charge is 0.204 e. The summed E-state index contributed by atoms with van der Waals surface area (Å²) in [6, 6.07) is 19.1. The minimum Gasteiger partial charge on any atom is -0.383 e. The number of aromatic nitrogens is 4. The number of hydrogen-bond acceptors (Lipinski definition) is 4. The Balaban J connectivity index is 1.82. The molecule has 0 aliphatic rings. The fourth-order valence-corrected chi connectivity index (χ4v) is 2.18. The van der Waals surface area contributed by atoms with Crippen molar-refractivity contribution in [3.05, 3.63) is 66.2 Å². The first-order chi connectivity index (χ1) is 10.1. The molecule has 1 N–H and O–H groups in total. The molecule has 0 saturated carbocycles. The quantitative estimate of drug-likeness (QED) is 0.796. The number of aliphatic hydroxyl groups is 1. The fraction of sp³-hybridized carbons (Fsp3) is 0.188. The molecular weight excluding hydrogens is 264 g/mol. The third kappa shape index (κ3) is 2.98. The number of hydrogen-bond donors (Lipinski definition) is 1. The van der Waals surface area contributed by atoms with Crippen molar-refractivity contribution in [2.24, 2.45) is 0 Å². The molecule has 1 unspecified atom stereocenters. The predicted octanol–water partition coefficient (Wildman–Crippen LogP) is 2.25. The Morgan fingerprint density at radius 3 is 2.29 bits per heavy atom. The highest BCUT2D eigenvalue weighted by molar-refractivity contribution is 5.52. The average Bonchev–Trinajstić information content (AvgIpc) is 2.97. The van der Waals surface area contributed by atoms with E-state index in [1.165, 1.54) is 4.80 Å². The zero-order valence-electron chi connectivity index (χ0n) is 11.7. The molecule has 5 nitrogen and oxygen atoms in total. The second kappa shape index (κ2) is 5.46. The number of benzene rings is 2. The van der Waals surface area contributed by atoms with Gasteiger partial charge in [-0.2, -0.15) is 4.80 Å². The van der Waals surface area contributed by atoms with Gasteiger partial charge in [-0.1, -0.05) is 60.7 Å². The van der Waals surface area contributed by atoms with Crippen LogP contribution in [0.5, 0.6) is 0 Å². The molecule has 0 aliphatic heterocycles. The van der Waals surface area contributed by atoms with Gasteiger partial charge < -0.3 is 5.11 Å². The molecule has 0 spiro atoms. The molecular formula is C16H16N4O. The number of nitrogens with zero attached hydrogens (tertiary/aromatic N) is 4. The topological polar surface area (TPSA) is 63.8 Å². The lowest BCUT2D eigenvalue weighted by Gasteiger charge is -2.22. The highest BCUT2D eigenvalue weighted by Crippen LogP contribution is 2.22. The standard InChI is InChI=1S/C16H16N4O/c1-16(21,14-10-6-3-7-11-14)12-20-18-15(17-19-20)13-8-4-2-5-9-13/h2-11,21H,12H2,1H3. The van der Waals surface area contributed by atoms with Crippen LogP contribution in [0.3, 0.4) is 0 Å². The van der Waals surface area contributed by atoms with E-state index in [-0.39, 0.29) is 6.54 Å². The van der Waals surface area contributed by atoms with Gasteiger partial charge in [0, 0.05) is 5.56 Å². The Bertz CT molecular complexity index is 707. The van der Waals surface area contributed by atoms with E-state index in [1.54, 1.807) is 6.92 Å². The summed E-state index contributed by atoms with van der Waals surface area (Å²) in [5, 5.41) is 23.0. The Labute approximate surface area is 122 Å². The van der Waals surface area contributed by atoms with Crippen LogP contribution in [-0.4, -0.2) is 25.3 Å². The lowest BCUT2D eigenvalue weighted by atomic mass is 9.96. The molecule has 0 saturated heterocycles. The van der Waals surface area contributed by atoms with Crippen LogP contribution in [0.1, 0.15) is 12.5 Å². The maximum atomic E-state index is 10.6. The fourth-order valence-electron chi connectivity index (χ4n) is 2.18. The van der Waals surface area contributed by atoms with E-state index >= 15 is 0 Å². The highest BCUT2D eigenvalue weighted by Gasteiger charge is 2.25. The molecule has 0 bridgehead atoms. The summed E-state index contributed by atoms with van der Waals surface area (Å²) in [6.07, 6.45) is 0. The Morgan fingerprint density at radius 2 is 1.62 bits per heavy atom. The second-order valence-corrected chi connectivity index (χ2v) is 5.15. The van der Waals surface area contributed by atoms with Gasteiger partial charge in [-0.05, 0) is 17.7 Å². The molecule has 1 heterocycles. The first-order valence-electron chi connectivity index (χ1n) is 6.76. The summed E-state index contributed by atoms with van der Waals surface area (Å²) in [6.45, 7) is 1.99. The lowest BCUT2D eigenvalue weighted by Crippen LogP contribution is -2.28. The van der Waals surface area contributed by atoms with E-state index in [4.69, 9.17) is 0 Å². The summed E-state index contributed by atoms with van der Waals surface area (Å²) < 4.78 is 0. The average molecular weight is 280 g/mol. The van der Waals surface area contributed by atoms with Crippen molar-refractivity contribution >= 4 is 0 Å². The largest absolute Gasteiger partial charge is 0.383 e.